The van der Waals surface area contributed by atoms with E-state index in [4.69, 9.17) is 21.7 Å². The fraction of sp³-hybridized carbons (Fsp3) is 0.188. The highest BCUT2D eigenvalue weighted by Crippen LogP contribution is 2.28. The zero-order valence-corrected chi connectivity index (χ0v) is 12.3. The number of fused-ring (bicyclic) bond motifs is 1. The number of ether oxygens (including phenoxy) is 1. The number of nitrogens with one attached hydrogen (secondary N) is 2. The fourth-order valence-electron chi connectivity index (χ4n) is 1.98. The highest BCUT2D eigenvalue weighted by molar-refractivity contribution is 6.69. The number of rotatable bonds is 3. The summed E-state index contributed by atoms with van der Waals surface area (Å²) in [6, 6.07) is 13.9. The second-order valence-electron chi connectivity index (χ2n) is 4.39. The molecule has 4 heteroatoms. The highest BCUT2D eigenvalue weighted by atomic mass is 35.5. The molecule has 0 unspecified atom stereocenters. The molecule has 0 fully saturated rings. The molecular formula is C16H17ClN2O. The molecule has 0 saturated carbocycles. The first kappa shape index (κ1) is 14.4. The molecule has 2 N–H and O–H groups in total. The van der Waals surface area contributed by atoms with Gasteiger partial charge in [-0.1, -0.05) is 41.9 Å². The molecular weight excluding hydrogens is 272 g/mol. The van der Waals surface area contributed by atoms with Crippen LogP contribution in [0.2, 0.25) is 0 Å². The van der Waals surface area contributed by atoms with Gasteiger partial charge in [-0.15, -0.1) is 0 Å². The molecule has 2 aromatic carbocycles. The molecule has 1 aliphatic rings. The van der Waals surface area contributed by atoms with Crippen LogP contribution in [0.25, 0.3) is 0 Å². The lowest BCUT2D eigenvalue weighted by molar-refractivity contribution is 0.416. The molecule has 0 aromatic heterocycles. The predicted molar refractivity (Wildman–Crippen MR) is 84.5 cm³/mol. The van der Waals surface area contributed by atoms with Gasteiger partial charge in [-0.3, -0.25) is 5.41 Å². The molecule has 1 aliphatic carbocycles. The Kier molecular flexibility index (Phi) is 4.64. The summed E-state index contributed by atoms with van der Waals surface area (Å²) in [6.07, 6.45) is 1.24. The second kappa shape index (κ2) is 6.44. The summed E-state index contributed by atoms with van der Waals surface area (Å²) in [7, 11) is 3.35. The highest BCUT2D eigenvalue weighted by Gasteiger charge is 2.12. The standard InChI is InChI=1S/C9H11ClN2O.C7H6/c1-12-8-6(9(10)11)4-3-5-7(8)13-2;1-2-4-7-5-6(7)3-1/h3-5,11-12H,1-2H3;1-4H,5H2. The van der Waals surface area contributed by atoms with E-state index in [-0.39, 0.29) is 5.17 Å². The second-order valence-corrected chi connectivity index (χ2v) is 4.77. The molecule has 0 saturated heterocycles. The Bertz CT molecular complexity index is 605. The van der Waals surface area contributed by atoms with Gasteiger partial charge in [0, 0.05) is 12.6 Å². The Morgan fingerprint density at radius 3 is 2.25 bits per heavy atom. The lowest BCUT2D eigenvalue weighted by Crippen LogP contribution is -2.00. The Morgan fingerprint density at radius 2 is 1.80 bits per heavy atom. The monoisotopic (exact) mass is 288 g/mol. The van der Waals surface area contributed by atoms with Crippen molar-refractivity contribution in [2.45, 2.75) is 6.42 Å². The molecule has 3 rings (SSSR count). The number of halogens is 1. The third-order valence-corrected chi connectivity index (χ3v) is 3.31. The molecule has 0 amide bonds. The van der Waals surface area contributed by atoms with Gasteiger partial charge in [0.1, 0.15) is 10.9 Å². The molecule has 0 heterocycles. The largest absolute Gasteiger partial charge is 0.495 e. The quantitative estimate of drug-likeness (QED) is 0.718. The SMILES string of the molecule is CNc1c(OC)cccc1C(=N)Cl.c1ccc2c(c1)C2. The lowest BCUT2D eigenvalue weighted by Gasteiger charge is -2.11. The number of methoxy groups -OCH3 is 1. The van der Waals surface area contributed by atoms with E-state index in [2.05, 4.69) is 29.6 Å². The lowest BCUT2D eigenvalue weighted by atomic mass is 10.2. The third-order valence-electron chi connectivity index (χ3n) is 3.11. The molecule has 20 heavy (non-hydrogen) atoms. The number of hydrogen-bond acceptors (Lipinski definition) is 3. The van der Waals surface area contributed by atoms with Crippen LogP contribution in [-0.4, -0.2) is 19.3 Å². The summed E-state index contributed by atoms with van der Waals surface area (Å²) < 4.78 is 5.11. The summed E-state index contributed by atoms with van der Waals surface area (Å²) >= 11 is 5.60. The van der Waals surface area contributed by atoms with E-state index in [1.807, 2.05) is 6.07 Å². The van der Waals surface area contributed by atoms with Gasteiger partial charge in [0.2, 0.25) is 0 Å². The van der Waals surface area contributed by atoms with Crippen molar-refractivity contribution in [3.8, 4) is 5.75 Å². The van der Waals surface area contributed by atoms with Crippen LogP contribution >= 0.6 is 11.6 Å². The fourth-order valence-corrected chi connectivity index (χ4v) is 2.14. The average Bonchev–Trinajstić information content (AvgIpc) is 3.26. The Labute approximate surface area is 124 Å². The van der Waals surface area contributed by atoms with Gasteiger partial charge in [-0.2, -0.15) is 0 Å². The minimum absolute atomic E-state index is 0.00301. The Morgan fingerprint density at radius 1 is 1.15 bits per heavy atom. The van der Waals surface area contributed by atoms with Gasteiger partial charge in [0.15, 0.2) is 0 Å². The summed E-state index contributed by atoms with van der Waals surface area (Å²) in [4.78, 5) is 0. The van der Waals surface area contributed by atoms with Crippen molar-refractivity contribution in [3.05, 3.63) is 59.2 Å². The van der Waals surface area contributed by atoms with E-state index in [1.54, 1.807) is 26.3 Å². The van der Waals surface area contributed by atoms with Crippen LogP contribution in [0.4, 0.5) is 5.69 Å². The topological polar surface area (TPSA) is 45.1 Å². The van der Waals surface area contributed by atoms with Gasteiger partial charge in [-0.05, 0) is 29.7 Å². The number of anilines is 1. The first-order valence-electron chi connectivity index (χ1n) is 6.33. The molecule has 0 atom stereocenters. The minimum Gasteiger partial charge on any atom is -0.495 e. The van der Waals surface area contributed by atoms with Crippen LogP contribution in [0.1, 0.15) is 16.7 Å². The van der Waals surface area contributed by atoms with Crippen molar-refractivity contribution in [2.24, 2.45) is 0 Å². The van der Waals surface area contributed by atoms with E-state index in [0.29, 0.717) is 11.3 Å². The van der Waals surface area contributed by atoms with Crippen LogP contribution in [0.3, 0.4) is 0 Å². The van der Waals surface area contributed by atoms with Crippen molar-refractivity contribution in [1.82, 2.24) is 0 Å². The molecule has 0 spiro atoms. The zero-order chi connectivity index (χ0) is 14.5. The van der Waals surface area contributed by atoms with Crippen LogP contribution in [0, 0.1) is 5.41 Å². The number of hydrogen-bond donors (Lipinski definition) is 2. The van der Waals surface area contributed by atoms with Crippen molar-refractivity contribution in [2.75, 3.05) is 19.5 Å². The summed E-state index contributed by atoms with van der Waals surface area (Å²) in [5.41, 5.74) is 4.44. The van der Waals surface area contributed by atoms with Gasteiger partial charge < -0.3 is 10.1 Å². The van der Waals surface area contributed by atoms with E-state index in [9.17, 15) is 0 Å². The van der Waals surface area contributed by atoms with E-state index in [1.165, 1.54) is 17.5 Å². The average molecular weight is 289 g/mol. The maximum atomic E-state index is 7.32. The van der Waals surface area contributed by atoms with E-state index >= 15 is 0 Å². The van der Waals surface area contributed by atoms with Gasteiger partial charge in [-0.25, -0.2) is 0 Å². The summed E-state index contributed by atoms with van der Waals surface area (Å²) in [5.74, 6) is 0.686. The Balaban J connectivity index is 0.000000173. The predicted octanol–water partition coefficient (Wildman–Crippen LogP) is 3.89. The molecule has 0 radical (unpaired) electrons. The zero-order valence-electron chi connectivity index (χ0n) is 11.5. The van der Waals surface area contributed by atoms with Gasteiger partial charge in [0.05, 0.1) is 12.8 Å². The molecule has 0 aliphatic heterocycles. The van der Waals surface area contributed by atoms with Crippen molar-refractivity contribution in [1.29, 1.82) is 5.41 Å². The Hall–Kier alpha value is -2.00. The molecule has 0 bridgehead atoms. The van der Waals surface area contributed by atoms with Crippen molar-refractivity contribution >= 4 is 22.5 Å². The van der Waals surface area contributed by atoms with Gasteiger partial charge in [0.25, 0.3) is 0 Å². The number of para-hydroxylation sites is 1. The molecule has 2 aromatic rings. The smallest absolute Gasteiger partial charge is 0.142 e. The maximum Gasteiger partial charge on any atom is 0.142 e. The van der Waals surface area contributed by atoms with Crippen molar-refractivity contribution in [3.63, 3.8) is 0 Å². The van der Waals surface area contributed by atoms with Crippen molar-refractivity contribution < 1.29 is 4.74 Å². The van der Waals surface area contributed by atoms with E-state index < -0.39 is 0 Å². The van der Waals surface area contributed by atoms with Crippen LogP contribution in [-0.2, 0) is 6.42 Å². The van der Waals surface area contributed by atoms with Gasteiger partial charge >= 0.3 is 0 Å². The first-order chi connectivity index (χ1) is 9.67. The van der Waals surface area contributed by atoms with E-state index in [0.717, 1.165) is 5.69 Å². The molecule has 3 nitrogen and oxygen atoms in total. The maximum absolute atomic E-state index is 7.32. The van der Waals surface area contributed by atoms with Crippen LogP contribution < -0.4 is 10.1 Å². The molecule has 104 valence electrons. The minimum atomic E-state index is 0.00301. The number of benzene rings is 2. The van der Waals surface area contributed by atoms with Crippen LogP contribution in [0.15, 0.2) is 42.5 Å². The summed E-state index contributed by atoms with van der Waals surface area (Å²) in [6.45, 7) is 0. The van der Waals surface area contributed by atoms with Crippen LogP contribution in [0.5, 0.6) is 5.75 Å². The summed E-state index contributed by atoms with van der Waals surface area (Å²) in [5, 5.41) is 10.3. The first-order valence-corrected chi connectivity index (χ1v) is 6.71. The third kappa shape index (κ3) is 3.31. The normalized spacial score (nSPS) is 10.8.